The van der Waals surface area contributed by atoms with E-state index in [0.29, 0.717) is 6.54 Å². The molecule has 0 aliphatic carbocycles. The van der Waals surface area contributed by atoms with E-state index in [1.807, 2.05) is 54.6 Å². The third kappa shape index (κ3) is 4.48. The van der Waals surface area contributed by atoms with Gasteiger partial charge in [-0.05, 0) is 29.8 Å². The lowest BCUT2D eigenvalue weighted by Crippen LogP contribution is -2.04. The van der Waals surface area contributed by atoms with E-state index < -0.39 is 0 Å². The fourth-order valence-corrected chi connectivity index (χ4v) is 5.03. The predicted molar refractivity (Wildman–Crippen MR) is 140 cm³/mol. The number of nitrogens with zero attached hydrogens (tertiary/aromatic N) is 4. The maximum Gasteiger partial charge on any atom is 0.192 e. The molecule has 0 bridgehead atoms. The Hall–Kier alpha value is -4.16. The number of benzene rings is 3. The van der Waals surface area contributed by atoms with E-state index in [2.05, 4.69) is 63.3 Å². The Kier molecular flexibility index (Phi) is 5.87. The number of pyridine rings is 1. The van der Waals surface area contributed by atoms with Gasteiger partial charge in [0.2, 0.25) is 0 Å². The smallest absolute Gasteiger partial charge is 0.192 e. The first kappa shape index (κ1) is 21.4. The minimum atomic E-state index is 0.545. The molecule has 6 aromatic rings. The van der Waals surface area contributed by atoms with Gasteiger partial charge in [-0.1, -0.05) is 90.6 Å². The summed E-state index contributed by atoms with van der Waals surface area (Å²) in [5, 5.41) is 11.2. The van der Waals surface area contributed by atoms with E-state index in [-0.39, 0.29) is 0 Å². The Morgan fingerprint density at radius 1 is 0.771 bits per heavy atom. The quantitative estimate of drug-likeness (QED) is 0.231. The monoisotopic (exact) mass is 474 g/mol. The van der Waals surface area contributed by atoms with Crippen LogP contribution in [-0.2, 0) is 12.3 Å². The van der Waals surface area contributed by atoms with Crippen molar-refractivity contribution in [3.05, 3.63) is 121 Å². The van der Waals surface area contributed by atoms with Crippen molar-refractivity contribution in [2.24, 2.45) is 0 Å². The van der Waals surface area contributed by atoms with Crippen molar-refractivity contribution in [3.8, 4) is 22.6 Å². The fraction of sp³-hybridized carbons (Fsp3) is 0.0690. The minimum absolute atomic E-state index is 0.545. The van der Waals surface area contributed by atoms with Crippen LogP contribution >= 0.6 is 11.8 Å². The van der Waals surface area contributed by atoms with Gasteiger partial charge in [-0.2, -0.15) is 0 Å². The van der Waals surface area contributed by atoms with Crippen molar-refractivity contribution >= 4 is 22.7 Å². The fourth-order valence-electron chi connectivity index (χ4n) is 4.13. The molecular weight excluding hydrogens is 452 g/mol. The summed E-state index contributed by atoms with van der Waals surface area (Å²) in [6, 6.07) is 34.8. The Bertz CT molecular complexity index is 1560. The number of rotatable bonds is 7. The summed E-state index contributed by atoms with van der Waals surface area (Å²) in [5.41, 5.74) is 5.14. The number of thioether (sulfide) groups is 1. The molecule has 5 nitrogen and oxygen atoms in total. The zero-order chi connectivity index (χ0) is 23.5. The van der Waals surface area contributed by atoms with Crippen molar-refractivity contribution < 1.29 is 4.42 Å². The number of furan rings is 1. The summed E-state index contributed by atoms with van der Waals surface area (Å²) in [5.74, 6) is 2.46. The van der Waals surface area contributed by atoms with Crippen LogP contribution in [0.5, 0.6) is 0 Å². The molecule has 0 atom stereocenters. The van der Waals surface area contributed by atoms with Crippen LogP contribution in [0.3, 0.4) is 0 Å². The second-order valence-corrected chi connectivity index (χ2v) is 9.13. The lowest BCUT2D eigenvalue weighted by molar-refractivity contribution is 0.485. The van der Waals surface area contributed by atoms with Gasteiger partial charge in [0.1, 0.15) is 5.76 Å². The second kappa shape index (κ2) is 9.60. The maximum atomic E-state index is 5.70. The van der Waals surface area contributed by atoms with Gasteiger partial charge >= 0.3 is 0 Å². The van der Waals surface area contributed by atoms with Crippen LogP contribution in [0.2, 0.25) is 0 Å². The summed E-state index contributed by atoms with van der Waals surface area (Å²) in [4.78, 5) is 4.94. The van der Waals surface area contributed by atoms with E-state index in [1.54, 1.807) is 18.0 Å². The van der Waals surface area contributed by atoms with E-state index in [4.69, 9.17) is 9.40 Å². The van der Waals surface area contributed by atoms with Crippen molar-refractivity contribution in [1.82, 2.24) is 19.7 Å². The molecule has 35 heavy (non-hydrogen) atoms. The van der Waals surface area contributed by atoms with Crippen molar-refractivity contribution in [3.63, 3.8) is 0 Å². The summed E-state index contributed by atoms with van der Waals surface area (Å²) in [6.45, 7) is 0.545. The number of aromatic nitrogens is 4. The van der Waals surface area contributed by atoms with Crippen LogP contribution < -0.4 is 0 Å². The average molecular weight is 475 g/mol. The summed E-state index contributed by atoms with van der Waals surface area (Å²) in [6.07, 6.45) is 1.70. The highest BCUT2D eigenvalue weighted by atomic mass is 32.2. The molecule has 0 spiro atoms. The molecule has 6 rings (SSSR count). The van der Waals surface area contributed by atoms with Gasteiger partial charge in [-0.3, -0.25) is 4.57 Å². The Labute approximate surface area is 207 Å². The van der Waals surface area contributed by atoms with E-state index >= 15 is 0 Å². The molecular formula is C29H22N4OS. The van der Waals surface area contributed by atoms with Gasteiger partial charge in [-0.15, -0.1) is 10.2 Å². The molecule has 0 N–H and O–H groups in total. The molecule has 0 aliphatic rings. The van der Waals surface area contributed by atoms with E-state index in [9.17, 15) is 0 Å². The number of para-hydroxylation sites is 1. The van der Waals surface area contributed by atoms with Gasteiger partial charge in [0.05, 0.1) is 24.0 Å². The van der Waals surface area contributed by atoms with Crippen molar-refractivity contribution in [2.75, 3.05) is 0 Å². The van der Waals surface area contributed by atoms with Crippen molar-refractivity contribution in [2.45, 2.75) is 17.5 Å². The first-order valence-corrected chi connectivity index (χ1v) is 12.4. The van der Waals surface area contributed by atoms with Gasteiger partial charge in [0.15, 0.2) is 11.0 Å². The topological polar surface area (TPSA) is 56.7 Å². The van der Waals surface area contributed by atoms with Crippen LogP contribution in [-0.4, -0.2) is 19.7 Å². The first-order chi connectivity index (χ1) is 17.3. The summed E-state index contributed by atoms with van der Waals surface area (Å²) >= 11 is 1.68. The molecule has 3 heterocycles. The number of fused-ring (bicyclic) bond motifs is 1. The largest absolute Gasteiger partial charge is 0.467 e. The third-order valence-corrected chi connectivity index (χ3v) is 6.89. The van der Waals surface area contributed by atoms with Crippen LogP contribution in [0, 0.1) is 0 Å². The van der Waals surface area contributed by atoms with Crippen LogP contribution in [0.4, 0.5) is 0 Å². The molecule has 0 radical (unpaired) electrons. The van der Waals surface area contributed by atoms with Crippen LogP contribution in [0.15, 0.2) is 119 Å². The highest BCUT2D eigenvalue weighted by Crippen LogP contribution is 2.34. The SMILES string of the molecule is c1ccc(CSc2nnc(-c3cc(-c4ccccc4)nc4ccccc34)n2Cc2ccco2)cc1. The molecule has 6 heteroatoms. The standard InChI is InChI=1S/C29H22N4OS/c1-3-10-21(11-4-1)20-35-29-32-31-28(33(29)19-23-14-9-17-34-23)25-18-27(22-12-5-2-6-13-22)30-26-16-8-7-15-24(25)26/h1-18H,19-20H2. The van der Waals surface area contributed by atoms with Crippen LogP contribution in [0.1, 0.15) is 11.3 Å². The normalized spacial score (nSPS) is 11.2. The minimum Gasteiger partial charge on any atom is -0.467 e. The second-order valence-electron chi connectivity index (χ2n) is 8.18. The van der Waals surface area contributed by atoms with Crippen molar-refractivity contribution in [1.29, 1.82) is 0 Å². The Morgan fingerprint density at radius 2 is 1.54 bits per heavy atom. The Balaban J connectivity index is 1.48. The molecule has 0 fully saturated rings. The molecule has 3 aromatic heterocycles. The molecule has 0 saturated carbocycles. The Morgan fingerprint density at radius 3 is 2.34 bits per heavy atom. The molecule has 0 saturated heterocycles. The average Bonchev–Trinajstić information content (AvgIpc) is 3.58. The van der Waals surface area contributed by atoms with Gasteiger partial charge in [0, 0.05) is 22.3 Å². The summed E-state index contributed by atoms with van der Waals surface area (Å²) < 4.78 is 7.84. The first-order valence-electron chi connectivity index (χ1n) is 11.4. The maximum absolute atomic E-state index is 5.70. The molecule has 3 aromatic carbocycles. The predicted octanol–water partition coefficient (Wildman–Crippen LogP) is 7.09. The number of hydrogen-bond acceptors (Lipinski definition) is 5. The third-order valence-electron chi connectivity index (χ3n) is 5.85. The zero-order valence-corrected chi connectivity index (χ0v) is 19.7. The lowest BCUT2D eigenvalue weighted by atomic mass is 10.0. The molecule has 0 unspecified atom stereocenters. The number of hydrogen-bond donors (Lipinski definition) is 0. The molecule has 0 aliphatic heterocycles. The van der Waals surface area contributed by atoms with Gasteiger partial charge in [-0.25, -0.2) is 4.98 Å². The molecule has 0 amide bonds. The van der Waals surface area contributed by atoms with Crippen LogP contribution in [0.25, 0.3) is 33.5 Å². The zero-order valence-electron chi connectivity index (χ0n) is 18.9. The van der Waals surface area contributed by atoms with Gasteiger partial charge < -0.3 is 4.42 Å². The van der Waals surface area contributed by atoms with Gasteiger partial charge in [0.25, 0.3) is 0 Å². The lowest BCUT2D eigenvalue weighted by Gasteiger charge is -2.12. The van der Waals surface area contributed by atoms with E-state index in [1.165, 1.54) is 5.56 Å². The highest BCUT2D eigenvalue weighted by Gasteiger charge is 2.19. The molecule has 170 valence electrons. The highest BCUT2D eigenvalue weighted by molar-refractivity contribution is 7.98. The summed E-state index contributed by atoms with van der Waals surface area (Å²) in [7, 11) is 0. The van der Waals surface area contributed by atoms with E-state index in [0.717, 1.165) is 50.2 Å².